The van der Waals surface area contributed by atoms with Gasteiger partial charge >= 0.3 is 0 Å². The summed E-state index contributed by atoms with van der Waals surface area (Å²) in [6, 6.07) is 3.12. The van der Waals surface area contributed by atoms with E-state index in [1.54, 1.807) is 19.9 Å². The fourth-order valence-corrected chi connectivity index (χ4v) is 0.955. The van der Waals surface area contributed by atoms with Gasteiger partial charge in [0.15, 0.2) is 0 Å². The number of hydrogen-bond acceptors (Lipinski definition) is 3. The van der Waals surface area contributed by atoms with E-state index in [1.807, 2.05) is 0 Å². The van der Waals surface area contributed by atoms with Gasteiger partial charge in [0.1, 0.15) is 5.69 Å². The molecule has 15 heavy (non-hydrogen) atoms. The minimum Gasteiger partial charge on any atom is -0.399 e. The predicted molar refractivity (Wildman–Crippen MR) is 59.0 cm³/mol. The molecule has 0 radical (unpaired) electrons. The molecule has 0 fully saturated rings. The van der Waals surface area contributed by atoms with E-state index in [0.717, 1.165) is 0 Å². The smallest absolute Gasteiger partial charge is 0.271 e. The second-order valence-corrected chi connectivity index (χ2v) is 3.70. The molecule has 1 rings (SSSR count). The third-order valence-corrected chi connectivity index (χ3v) is 1.80. The van der Waals surface area contributed by atoms with Gasteiger partial charge in [0.25, 0.3) is 5.91 Å². The van der Waals surface area contributed by atoms with Gasteiger partial charge in [0.05, 0.1) is 5.54 Å². The molecule has 78 valence electrons. The van der Waals surface area contributed by atoms with E-state index >= 15 is 0 Å². The summed E-state index contributed by atoms with van der Waals surface area (Å²) in [6.07, 6.45) is 6.73. The van der Waals surface area contributed by atoms with Gasteiger partial charge in [-0.2, -0.15) is 0 Å². The Labute approximate surface area is 88.9 Å². The van der Waals surface area contributed by atoms with Gasteiger partial charge in [0, 0.05) is 11.9 Å². The third kappa shape index (κ3) is 2.99. The maximum atomic E-state index is 11.6. The minimum atomic E-state index is -0.691. The van der Waals surface area contributed by atoms with Crippen molar-refractivity contribution in [2.45, 2.75) is 19.4 Å². The summed E-state index contributed by atoms with van der Waals surface area (Å²) in [4.78, 5) is 15.5. The molecule has 0 atom stereocenters. The summed E-state index contributed by atoms with van der Waals surface area (Å²) in [5, 5.41) is 2.66. The molecule has 4 heteroatoms. The highest BCUT2D eigenvalue weighted by Crippen LogP contribution is 2.05. The zero-order valence-electron chi connectivity index (χ0n) is 8.74. The van der Waals surface area contributed by atoms with Crippen LogP contribution in [0.25, 0.3) is 0 Å². The van der Waals surface area contributed by atoms with Crippen LogP contribution in [0.5, 0.6) is 0 Å². The van der Waals surface area contributed by atoms with Crippen molar-refractivity contribution in [2.24, 2.45) is 0 Å². The van der Waals surface area contributed by atoms with E-state index < -0.39 is 5.54 Å². The maximum Gasteiger partial charge on any atom is 0.271 e. The summed E-state index contributed by atoms with van der Waals surface area (Å²) >= 11 is 0. The highest BCUT2D eigenvalue weighted by molar-refractivity contribution is 5.93. The van der Waals surface area contributed by atoms with Crippen molar-refractivity contribution < 1.29 is 4.79 Å². The number of nitrogen functional groups attached to an aromatic ring is 1. The second-order valence-electron chi connectivity index (χ2n) is 3.70. The van der Waals surface area contributed by atoms with Gasteiger partial charge in [-0.3, -0.25) is 9.78 Å². The van der Waals surface area contributed by atoms with Crippen molar-refractivity contribution in [1.29, 1.82) is 0 Å². The fourth-order valence-electron chi connectivity index (χ4n) is 0.955. The van der Waals surface area contributed by atoms with E-state index in [1.165, 1.54) is 12.3 Å². The fraction of sp³-hybridized carbons (Fsp3) is 0.273. The molecule has 1 heterocycles. The molecule has 0 saturated carbocycles. The van der Waals surface area contributed by atoms with Crippen LogP contribution in [-0.2, 0) is 0 Å². The number of nitrogens with zero attached hydrogens (tertiary/aromatic N) is 1. The van der Waals surface area contributed by atoms with Crippen LogP contribution < -0.4 is 11.1 Å². The van der Waals surface area contributed by atoms with Gasteiger partial charge in [-0.05, 0) is 26.0 Å². The molecule has 0 unspecified atom stereocenters. The molecule has 1 aromatic heterocycles. The molecule has 0 aliphatic rings. The van der Waals surface area contributed by atoms with Crippen LogP contribution in [0.15, 0.2) is 18.3 Å². The molecule has 0 saturated heterocycles. The van der Waals surface area contributed by atoms with E-state index in [0.29, 0.717) is 5.69 Å². The summed E-state index contributed by atoms with van der Waals surface area (Å²) in [6.45, 7) is 3.47. The molecule has 0 bridgehead atoms. The SMILES string of the molecule is C#CC(C)(C)NC(=O)c1cc(N)ccn1. The predicted octanol–water partition coefficient (Wildman–Crippen LogP) is 0.805. The summed E-state index contributed by atoms with van der Waals surface area (Å²) in [5.74, 6) is 2.14. The number of pyridine rings is 1. The van der Waals surface area contributed by atoms with Crippen LogP contribution in [0, 0.1) is 12.3 Å². The lowest BCUT2D eigenvalue weighted by atomic mass is 10.1. The highest BCUT2D eigenvalue weighted by atomic mass is 16.2. The van der Waals surface area contributed by atoms with Crippen molar-refractivity contribution >= 4 is 11.6 Å². The van der Waals surface area contributed by atoms with Crippen LogP contribution >= 0.6 is 0 Å². The number of nitrogens with two attached hydrogens (primary N) is 1. The Kier molecular flexibility index (Phi) is 2.96. The van der Waals surface area contributed by atoms with Crippen molar-refractivity contribution in [2.75, 3.05) is 5.73 Å². The largest absolute Gasteiger partial charge is 0.399 e. The number of carbonyl (C=O) groups excluding carboxylic acids is 1. The number of aromatic nitrogens is 1. The lowest BCUT2D eigenvalue weighted by Gasteiger charge is -2.19. The molecular formula is C11H13N3O. The van der Waals surface area contributed by atoms with Crippen LogP contribution in [0.1, 0.15) is 24.3 Å². The number of nitrogens with one attached hydrogen (secondary N) is 1. The Morgan fingerprint density at radius 3 is 2.87 bits per heavy atom. The summed E-state index contributed by atoms with van der Waals surface area (Å²) in [5.41, 5.74) is 5.60. The molecule has 0 aromatic carbocycles. The first-order chi connectivity index (χ1) is 6.94. The maximum absolute atomic E-state index is 11.6. The molecule has 4 nitrogen and oxygen atoms in total. The van der Waals surface area contributed by atoms with Gasteiger partial charge in [-0.1, -0.05) is 5.92 Å². The Morgan fingerprint density at radius 1 is 1.67 bits per heavy atom. The number of amides is 1. The van der Waals surface area contributed by atoms with Crippen LogP contribution in [0.4, 0.5) is 5.69 Å². The highest BCUT2D eigenvalue weighted by Gasteiger charge is 2.18. The van der Waals surface area contributed by atoms with Gasteiger partial charge in [-0.25, -0.2) is 0 Å². The van der Waals surface area contributed by atoms with E-state index in [9.17, 15) is 4.79 Å². The Morgan fingerprint density at radius 2 is 2.33 bits per heavy atom. The lowest BCUT2D eigenvalue weighted by molar-refractivity contribution is 0.0925. The Hall–Kier alpha value is -2.02. The molecule has 3 N–H and O–H groups in total. The average molecular weight is 203 g/mol. The van der Waals surface area contributed by atoms with Crippen LogP contribution in [-0.4, -0.2) is 16.4 Å². The average Bonchev–Trinajstić information content (AvgIpc) is 2.17. The van der Waals surface area contributed by atoms with E-state index in [4.69, 9.17) is 12.2 Å². The number of terminal acetylenes is 1. The lowest BCUT2D eigenvalue weighted by Crippen LogP contribution is -2.42. The number of carbonyl (C=O) groups is 1. The number of anilines is 1. The summed E-state index contributed by atoms with van der Waals surface area (Å²) < 4.78 is 0. The molecule has 0 aliphatic carbocycles. The van der Waals surface area contributed by atoms with Gasteiger partial charge < -0.3 is 11.1 Å². The first-order valence-corrected chi connectivity index (χ1v) is 4.46. The first-order valence-electron chi connectivity index (χ1n) is 4.46. The monoisotopic (exact) mass is 203 g/mol. The van der Waals surface area contributed by atoms with Crippen LogP contribution in [0.2, 0.25) is 0 Å². The van der Waals surface area contributed by atoms with Crippen molar-refractivity contribution in [3.8, 4) is 12.3 Å². The Balaban J connectivity index is 2.84. The zero-order valence-corrected chi connectivity index (χ0v) is 8.74. The molecule has 0 aliphatic heterocycles. The van der Waals surface area contributed by atoms with E-state index in [2.05, 4.69) is 16.2 Å². The topological polar surface area (TPSA) is 68.0 Å². The van der Waals surface area contributed by atoms with Crippen molar-refractivity contribution in [1.82, 2.24) is 10.3 Å². The number of rotatable bonds is 2. The van der Waals surface area contributed by atoms with Gasteiger partial charge in [0.2, 0.25) is 0 Å². The van der Waals surface area contributed by atoms with Crippen molar-refractivity contribution in [3.63, 3.8) is 0 Å². The quantitative estimate of drug-likeness (QED) is 0.699. The minimum absolute atomic E-state index is 0.262. The Bertz CT molecular complexity index is 418. The summed E-state index contributed by atoms with van der Waals surface area (Å²) in [7, 11) is 0. The molecule has 0 spiro atoms. The van der Waals surface area contributed by atoms with Crippen molar-refractivity contribution in [3.05, 3.63) is 24.0 Å². The number of hydrogen-bond donors (Lipinski definition) is 2. The van der Waals surface area contributed by atoms with E-state index in [-0.39, 0.29) is 11.6 Å². The standard InChI is InChI=1S/C11H13N3O/c1-4-11(2,3)14-10(15)9-7-8(12)5-6-13-9/h1,5-7H,2-3H3,(H2,12,13)(H,14,15). The third-order valence-electron chi connectivity index (χ3n) is 1.80. The molecular weight excluding hydrogens is 190 g/mol. The molecule has 1 aromatic rings. The zero-order chi connectivity index (χ0) is 11.5. The first kappa shape index (κ1) is 11.1. The van der Waals surface area contributed by atoms with Crippen LogP contribution in [0.3, 0.4) is 0 Å². The molecule has 1 amide bonds. The van der Waals surface area contributed by atoms with Gasteiger partial charge in [-0.15, -0.1) is 6.42 Å². The normalized spacial score (nSPS) is 10.5. The second kappa shape index (κ2) is 4.01.